The lowest BCUT2D eigenvalue weighted by Crippen LogP contribution is -2.60. The lowest BCUT2D eigenvalue weighted by molar-refractivity contribution is -0.0122. The van der Waals surface area contributed by atoms with Crippen LogP contribution in [0.4, 0.5) is 0 Å². The Morgan fingerprint density at radius 1 is 1.18 bits per heavy atom. The maximum Gasteiger partial charge on any atom is 0.163 e. The summed E-state index contributed by atoms with van der Waals surface area (Å²) in [6.45, 7) is 6.92. The van der Waals surface area contributed by atoms with Crippen LogP contribution in [0.1, 0.15) is 25.8 Å². The van der Waals surface area contributed by atoms with Gasteiger partial charge in [-0.3, -0.25) is 10.6 Å². The molecule has 1 aromatic rings. The third kappa shape index (κ3) is 2.68. The molecule has 3 heteroatoms. The smallest absolute Gasteiger partial charge is 0.163 e. The van der Waals surface area contributed by atoms with Gasteiger partial charge >= 0.3 is 0 Å². The maximum absolute atomic E-state index is 5.53. The summed E-state index contributed by atoms with van der Waals surface area (Å²) in [6, 6.07) is 10.7. The quantitative estimate of drug-likeness (QED) is 0.834. The van der Waals surface area contributed by atoms with Crippen molar-refractivity contribution in [1.29, 1.82) is 0 Å². The van der Waals surface area contributed by atoms with Crippen LogP contribution in [-0.2, 0) is 10.2 Å². The average molecular weight is 234 g/mol. The highest BCUT2D eigenvalue weighted by Gasteiger charge is 2.34. The number of ether oxygens (including phenoxy) is 1. The molecule has 94 valence electrons. The molecule has 17 heavy (non-hydrogen) atoms. The van der Waals surface area contributed by atoms with Gasteiger partial charge in [-0.25, -0.2) is 0 Å². The molecule has 1 saturated heterocycles. The van der Waals surface area contributed by atoms with Crippen LogP contribution < -0.4 is 10.6 Å². The zero-order valence-corrected chi connectivity index (χ0v) is 10.7. The lowest BCUT2D eigenvalue weighted by Gasteiger charge is -2.41. The molecule has 3 nitrogen and oxygen atoms in total. The first kappa shape index (κ1) is 12.6. The molecule has 1 aliphatic rings. The van der Waals surface area contributed by atoms with Crippen molar-refractivity contribution in [2.24, 2.45) is 0 Å². The Morgan fingerprint density at radius 3 is 2.35 bits per heavy atom. The number of rotatable bonds is 4. The molecule has 0 aliphatic carbocycles. The summed E-state index contributed by atoms with van der Waals surface area (Å²) in [6.07, 6.45) is 1.12. The van der Waals surface area contributed by atoms with E-state index in [1.165, 1.54) is 5.56 Å². The second-order valence-corrected chi connectivity index (χ2v) is 4.60. The summed E-state index contributed by atoms with van der Waals surface area (Å²) in [7, 11) is 0. The molecule has 0 bridgehead atoms. The highest BCUT2D eigenvalue weighted by atomic mass is 16.5. The van der Waals surface area contributed by atoms with Gasteiger partial charge in [0.2, 0.25) is 0 Å². The number of benzene rings is 1. The Morgan fingerprint density at radius 2 is 1.82 bits per heavy atom. The minimum atomic E-state index is 0.00314. The Balaban J connectivity index is 2.08. The standard InChI is InChI=1S/C14H22N2O/c1-3-14(12-8-6-5-7-9-12)10-15-13(16-11-14)17-4-2/h5-9,13,15-16H,3-4,10-11H2,1-2H3. The van der Waals surface area contributed by atoms with Crippen molar-refractivity contribution >= 4 is 0 Å². The third-order valence-electron chi connectivity index (χ3n) is 3.65. The van der Waals surface area contributed by atoms with Crippen LogP contribution in [0.25, 0.3) is 0 Å². The van der Waals surface area contributed by atoms with Gasteiger partial charge in [0.1, 0.15) is 0 Å². The van der Waals surface area contributed by atoms with Gasteiger partial charge in [0.15, 0.2) is 6.35 Å². The molecule has 0 aromatic heterocycles. The summed E-state index contributed by atoms with van der Waals surface area (Å²) in [5.41, 5.74) is 1.59. The molecule has 1 fully saturated rings. The van der Waals surface area contributed by atoms with Crippen molar-refractivity contribution in [3.8, 4) is 0 Å². The van der Waals surface area contributed by atoms with Crippen LogP contribution in [0, 0.1) is 0 Å². The molecule has 0 amide bonds. The van der Waals surface area contributed by atoms with E-state index in [-0.39, 0.29) is 11.8 Å². The van der Waals surface area contributed by atoms with E-state index < -0.39 is 0 Å². The summed E-state index contributed by atoms with van der Waals surface area (Å²) in [5.74, 6) is 0. The molecule has 2 N–H and O–H groups in total. The van der Waals surface area contributed by atoms with Crippen LogP contribution in [0.3, 0.4) is 0 Å². The van der Waals surface area contributed by atoms with E-state index >= 15 is 0 Å². The molecule has 1 aliphatic heterocycles. The fourth-order valence-electron chi connectivity index (χ4n) is 2.45. The van der Waals surface area contributed by atoms with Crippen LogP contribution in [-0.4, -0.2) is 26.0 Å². The SMILES string of the molecule is CCOC1NCC(CC)(c2ccccc2)CN1. The average Bonchev–Trinajstić information content (AvgIpc) is 2.41. The van der Waals surface area contributed by atoms with Gasteiger partial charge < -0.3 is 4.74 Å². The normalized spacial score (nSPS) is 29.2. The predicted molar refractivity (Wildman–Crippen MR) is 69.8 cm³/mol. The van der Waals surface area contributed by atoms with Crippen LogP contribution in [0.5, 0.6) is 0 Å². The molecule has 0 saturated carbocycles. The third-order valence-corrected chi connectivity index (χ3v) is 3.65. The molecule has 0 unspecified atom stereocenters. The minimum Gasteiger partial charge on any atom is -0.350 e. The van der Waals surface area contributed by atoms with Gasteiger partial charge in [-0.2, -0.15) is 0 Å². The Labute approximate surface area is 104 Å². The van der Waals surface area contributed by atoms with Crippen molar-refractivity contribution in [3.05, 3.63) is 35.9 Å². The van der Waals surface area contributed by atoms with Crippen LogP contribution in [0.15, 0.2) is 30.3 Å². The molecule has 0 atom stereocenters. The highest BCUT2D eigenvalue weighted by Crippen LogP contribution is 2.28. The van der Waals surface area contributed by atoms with Gasteiger partial charge in [0.05, 0.1) is 0 Å². The van der Waals surface area contributed by atoms with Crippen LogP contribution >= 0.6 is 0 Å². The zero-order chi connectivity index (χ0) is 12.1. The molecule has 0 spiro atoms. The summed E-state index contributed by atoms with van der Waals surface area (Å²) >= 11 is 0. The maximum atomic E-state index is 5.53. The fraction of sp³-hybridized carbons (Fsp3) is 0.571. The second kappa shape index (κ2) is 5.63. The zero-order valence-electron chi connectivity index (χ0n) is 10.7. The first-order valence-corrected chi connectivity index (χ1v) is 6.44. The van der Waals surface area contributed by atoms with Gasteiger partial charge in [-0.05, 0) is 18.9 Å². The van der Waals surface area contributed by atoms with Crippen molar-refractivity contribution in [2.75, 3.05) is 19.7 Å². The van der Waals surface area contributed by atoms with Gasteiger partial charge in [0, 0.05) is 25.1 Å². The molecule has 2 rings (SSSR count). The Kier molecular flexibility index (Phi) is 4.15. The van der Waals surface area contributed by atoms with Crippen molar-refractivity contribution in [3.63, 3.8) is 0 Å². The van der Waals surface area contributed by atoms with E-state index in [0.717, 1.165) is 26.1 Å². The number of nitrogens with one attached hydrogen (secondary N) is 2. The summed E-state index contributed by atoms with van der Waals surface area (Å²) in [5, 5.41) is 6.85. The molecule has 1 aromatic carbocycles. The van der Waals surface area contributed by atoms with E-state index in [0.29, 0.717) is 0 Å². The monoisotopic (exact) mass is 234 g/mol. The minimum absolute atomic E-state index is 0.00314. The highest BCUT2D eigenvalue weighted by molar-refractivity contribution is 5.27. The lowest BCUT2D eigenvalue weighted by atomic mass is 9.77. The largest absolute Gasteiger partial charge is 0.350 e. The summed E-state index contributed by atoms with van der Waals surface area (Å²) < 4.78 is 5.53. The first-order valence-electron chi connectivity index (χ1n) is 6.44. The van der Waals surface area contributed by atoms with Crippen molar-refractivity contribution < 1.29 is 4.74 Å². The summed E-state index contributed by atoms with van der Waals surface area (Å²) in [4.78, 5) is 0. The number of hydrogen-bond acceptors (Lipinski definition) is 3. The predicted octanol–water partition coefficient (Wildman–Crippen LogP) is 1.85. The van der Waals surface area contributed by atoms with Crippen LogP contribution in [0.2, 0.25) is 0 Å². The number of hydrogen-bond donors (Lipinski definition) is 2. The topological polar surface area (TPSA) is 33.3 Å². The van der Waals surface area contributed by atoms with Gasteiger partial charge in [-0.15, -0.1) is 0 Å². The fourth-order valence-corrected chi connectivity index (χ4v) is 2.45. The van der Waals surface area contributed by atoms with Crippen molar-refractivity contribution in [2.45, 2.75) is 32.0 Å². The van der Waals surface area contributed by atoms with E-state index in [1.54, 1.807) is 0 Å². The Hall–Kier alpha value is -0.900. The van der Waals surface area contributed by atoms with Gasteiger partial charge in [0.25, 0.3) is 0 Å². The Bertz CT molecular complexity index is 331. The van der Waals surface area contributed by atoms with E-state index in [9.17, 15) is 0 Å². The molecular weight excluding hydrogens is 212 g/mol. The second-order valence-electron chi connectivity index (χ2n) is 4.60. The molecule has 0 radical (unpaired) electrons. The first-order chi connectivity index (χ1) is 8.30. The van der Waals surface area contributed by atoms with E-state index in [2.05, 4.69) is 47.9 Å². The molecular formula is C14H22N2O. The van der Waals surface area contributed by atoms with E-state index in [4.69, 9.17) is 4.74 Å². The van der Waals surface area contributed by atoms with Crippen molar-refractivity contribution in [1.82, 2.24) is 10.6 Å². The van der Waals surface area contributed by atoms with E-state index in [1.807, 2.05) is 6.92 Å². The molecule has 1 heterocycles. The van der Waals surface area contributed by atoms with Gasteiger partial charge in [-0.1, -0.05) is 37.3 Å².